The average Bonchev–Trinajstić information content (AvgIpc) is 2.30. The monoisotopic (exact) mass is 275 g/mol. The SMILES string of the molecule is [B]C1(C)CCC2C(CCN(C(C)C)C23COC3)C1(C)C. The number of piperidine rings is 1. The van der Waals surface area contributed by atoms with Crippen LogP contribution in [0.4, 0.5) is 0 Å². The van der Waals surface area contributed by atoms with Crippen LogP contribution in [0.2, 0.25) is 5.31 Å². The van der Waals surface area contributed by atoms with Crippen molar-refractivity contribution >= 4 is 7.85 Å². The van der Waals surface area contributed by atoms with Gasteiger partial charge in [0.25, 0.3) is 0 Å². The maximum atomic E-state index is 6.66. The lowest BCUT2D eigenvalue weighted by atomic mass is 9.41. The summed E-state index contributed by atoms with van der Waals surface area (Å²) < 4.78 is 5.69. The van der Waals surface area contributed by atoms with Crippen molar-refractivity contribution in [2.24, 2.45) is 17.3 Å². The molecule has 112 valence electrons. The van der Waals surface area contributed by atoms with E-state index in [1.807, 2.05) is 0 Å². The van der Waals surface area contributed by atoms with E-state index in [0.29, 0.717) is 11.6 Å². The molecule has 2 aliphatic heterocycles. The molecule has 1 spiro atoms. The molecule has 0 amide bonds. The summed E-state index contributed by atoms with van der Waals surface area (Å²) in [6.07, 6.45) is 3.72. The summed E-state index contributed by atoms with van der Waals surface area (Å²) in [5, 5.41) is -0.0278. The Labute approximate surface area is 126 Å². The van der Waals surface area contributed by atoms with Crippen LogP contribution in [0.1, 0.15) is 53.9 Å². The molecule has 0 bridgehead atoms. The van der Waals surface area contributed by atoms with Gasteiger partial charge in [-0.2, -0.15) is 0 Å². The Hall–Kier alpha value is -0.0151. The fraction of sp³-hybridized carbons (Fsp3) is 1.00. The molecule has 3 aliphatic rings. The lowest BCUT2D eigenvalue weighted by Gasteiger charge is -2.67. The van der Waals surface area contributed by atoms with Crippen LogP contribution in [0.3, 0.4) is 0 Å². The van der Waals surface area contributed by atoms with Gasteiger partial charge in [0, 0.05) is 6.04 Å². The Morgan fingerprint density at radius 1 is 1.10 bits per heavy atom. The summed E-state index contributed by atoms with van der Waals surface area (Å²) in [6, 6.07) is 0.620. The molecule has 0 aromatic rings. The molecule has 2 radical (unpaired) electrons. The van der Waals surface area contributed by atoms with Crippen molar-refractivity contribution in [3.8, 4) is 0 Å². The number of likely N-dealkylation sites (tertiary alicyclic amines) is 1. The van der Waals surface area contributed by atoms with E-state index in [-0.39, 0.29) is 10.7 Å². The van der Waals surface area contributed by atoms with E-state index in [0.717, 1.165) is 31.5 Å². The van der Waals surface area contributed by atoms with Gasteiger partial charge >= 0.3 is 0 Å². The first kappa shape index (κ1) is 14.9. The summed E-state index contributed by atoms with van der Waals surface area (Å²) in [5.41, 5.74) is 0.534. The fourth-order valence-corrected chi connectivity index (χ4v) is 5.29. The van der Waals surface area contributed by atoms with E-state index in [9.17, 15) is 0 Å². The van der Waals surface area contributed by atoms with E-state index in [1.165, 1.54) is 19.4 Å². The van der Waals surface area contributed by atoms with Gasteiger partial charge in [-0.1, -0.05) is 32.5 Å². The van der Waals surface area contributed by atoms with E-state index in [2.05, 4.69) is 39.5 Å². The topological polar surface area (TPSA) is 12.5 Å². The third-order valence-electron chi connectivity index (χ3n) is 7.13. The van der Waals surface area contributed by atoms with Crippen molar-refractivity contribution in [2.45, 2.75) is 70.8 Å². The molecule has 3 rings (SSSR count). The molecule has 0 aromatic heterocycles. The first-order chi connectivity index (χ1) is 9.22. The number of fused-ring (bicyclic) bond motifs is 2. The Morgan fingerprint density at radius 2 is 1.75 bits per heavy atom. The largest absolute Gasteiger partial charge is 0.377 e. The second kappa shape index (κ2) is 4.49. The summed E-state index contributed by atoms with van der Waals surface area (Å²) in [4.78, 5) is 2.73. The predicted octanol–water partition coefficient (Wildman–Crippen LogP) is 3.27. The zero-order valence-corrected chi connectivity index (χ0v) is 13.9. The highest BCUT2D eigenvalue weighted by molar-refractivity contribution is 6.15. The first-order valence-electron chi connectivity index (χ1n) is 8.36. The van der Waals surface area contributed by atoms with Crippen molar-refractivity contribution in [2.75, 3.05) is 19.8 Å². The van der Waals surface area contributed by atoms with Crippen molar-refractivity contribution in [1.82, 2.24) is 4.90 Å². The molecule has 1 aliphatic carbocycles. The Balaban J connectivity index is 1.94. The van der Waals surface area contributed by atoms with Crippen molar-refractivity contribution in [3.05, 3.63) is 0 Å². The van der Waals surface area contributed by atoms with Gasteiger partial charge in [-0.15, -0.1) is 0 Å². The van der Waals surface area contributed by atoms with Crippen LogP contribution in [0, 0.1) is 17.3 Å². The molecule has 3 heteroatoms. The molecule has 0 N–H and O–H groups in total. The standard InChI is InChI=1S/C17H30BNO/c1-12(2)19-9-7-13-14(17(19)10-20-11-17)6-8-16(5,18)15(13,3)4/h12-14H,6-11H2,1-5H3. The van der Waals surface area contributed by atoms with Crippen LogP contribution in [0.15, 0.2) is 0 Å². The molecule has 3 fully saturated rings. The molecule has 3 unspecified atom stereocenters. The van der Waals surface area contributed by atoms with E-state index < -0.39 is 0 Å². The smallest absolute Gasteiger partial charge is 0.0749 e. The normalized spacial score (nSPS) is 43.3. The lowest BCUT2D eigenvalue weighted by Crippen LogP contribution is -2.73. The van der Waals surface area contributed by atoms with Gasteiger partial charge in [0.2, 0.25) is 0 Å². The molecular weight excluding hydrogens is 245 g/mol. The quantitative estimate of drug-likeness (QED) is 0.681. The Bertz CT molecular complexity index is 386. The van der Waals surface area contributed by atoms with Crippen LogP contribution >= 0.6 is 0 Å². The number of nitrogens with zero attached hydrogens (tertiary/aromatic N) is 1. The second-order valence-electron chi connectivity index (χ2n) is 8.56. The summed E-state index contributed by atoms with van der Waals surface area (Å²) in [7, 11) is 6.66. The number of hydrogen-bond acceptors (Lipinski definition) is 2. The third kappa shape index (κ3) is 1.78. The van der Waals surface area contributed by atoms with Crippen LogP contribution in [0.5, 0.6) is 0 Å². The van der Waals surface area contributed by atoms with Gasteiger partial charge in [-0.3, -0.25) is 4.90 Å². The minimum Gasteiger partial charge on any atom is -0.377 e. The summed E-state index contributed by atoms with van der Waals surface area (Å²) in [5.74, 6) is 1.50. The van der Waals surface area contributed by atoms with Gasteiger partial charge in [-0.05, 0) is 50.5 Å². The highest BCUT2D eigenvalue weighted by atomic mass is 16.5. The van der Waals surface area contributed by atoms with Gasteiger partial charge in [0.1, 0.15) is 0 Å². The van der Waals surface area contributed by atoms with Gasteiger partial charge in [-0.25, -0.2) is 0 Å². The second-order valence-corrected chi connectivity index (χ2v) is 8.56. The molecule has 20 heavy (non-hydrogen) atoms. The lowest BCUT2D eigenvalue weighted by molar-refractivity contribution is -0.229. The zero-order valence-electron chi connectivity index (χ0n) is 13.9. The molecule has 2 nitrogen and oxygen atoms in total. The highest BCUT2D eigenvalue weighted by Gasteiger charge is 2.61. The summed E-state index contributed by atoms with van der Waals surface area (Å²) in [6.45, 7) is 14.8. The van der Waals surface area contributed by atoms with Gasteiger partial charge in [0.05, 0.1) is 26.6 Å². The summed E-state index contributed by atoms with van der Waals surface area (Å²) >= 11 is 0. The molecule has 0 aromatic carbocycles. The van der Waals surface area contributed by atoms with Crippen molar-refractivity contribution < 1.29 is 4.74 Å². The van der Waals surface area contributed by atoms with Crippen LogP contribution in [-0.4, -0.2) is 44.1 Å². The Kier molecular flexibility index (Phi) is 3.35. The van der Waals surface area contributed by atoms with Crippen molar-refractivity contribution in [1.29, 1.82) is 0 Å². The predicted molar refractivity (Wildman–Crippen MR) is 84.1 cm³/mol. The minimum atomic E-state index is -0.0278. The highest BCUT2D eigenvalue weighted by Crippen LogP contribution is 2.63. The van der Waals surface area contributed by atoms with Gasteiger partial charge in [0.15, 0.2) is 0 Å². The first-order valence-corrected chi connectivity index (χ1v) is 8.36. The van der Waals surface area contributed by atoms with Crippen LogP contribution < -0.4 is 0 Å². The van der Waals surface area contributed by atoms with Crippen molar-refractivity contribution in [3.63, 3.8) is 0 Å². The van der Waals surface area contributed by atoms with Crippen LogP contribution in [0.25, 0.3) is 0 Å². The molecule has 1 saturated carbocycles. The maximum Gasteiger partial charge on any atom is 0.0749 e. The fourth-order valence-electron chi connectivity index (χ4n) is 5.29. The molecule has 3 atom stereocenters. The Morgan fingerprint density at radius 3 is 2.25 bits per heavy atom. The van der Waals surface area contributed by atoms with E-state index >= 15 is 0 Å². The van der Waals surface area contributed by atoms with Gasteiger partial charge < -0.3 is 4.74 Å². The van der Waals surface area contributed by atoms with E-state index in [1.54, 1.807) is 0 Å². The molecular formula is C17H30BNO. The molecule has 2 heterocycles. The maximum absolute atomic E-state index is 6.66. The third-order valence-corrected chi connectivity index (χ3v) is 7.13. The average molecular weight is 275 g/mol. The minimum absolute atomic E-state index is 0.0278. The van der Waals surface area contributed by atoms with Crippen LogP contribution in [-0.2, 0) is 4.74 Å². The number of ether oxygens (including phenoxy) is 1. The zero-order chi connectivity index (χ0) is 14.8. The van der Waals surface area contributed by atoms with E-state index in [4.69, 9.17) is 12.6 Å². The number of rotatable bonds is 1. The molecule has 2 saturated heterocycles. The number of hydrogen-bond donors (Lipinski definition) is 0.